The Hall–Kier alpha value is -8.75. The van der Waals surface area contributed by atoms with E-state index in [1.54, 1.807) is 17.3 Å². The molecule has 8 bridgehead atoms. The van der Waals surface area contributed by atoms with Gasteiger partial charge in [-0.2, -0.15) is 0 Å². The molecule has 0 saturated carbocycles. The minimum Gasteiger partial charge on any atom is -0.354 e. The van der Waals surface area contributed by atoms with Crippen molar-refractivity contribution in [1.82, 2.24) is 34.8 Å². The van der Waals surface area contributed by atoms with Crippen LogP contribution in [0.15, 0.2) is 170 Å². The van der Waals surface area contributed by atoms with Crippen LogP contribution in [0.5, 0.6) is 0 Å². The molecule has 8 heteroatoms. The summed E-state index contributed by atoms with van der Waals surface area (Å²) in [6.45, 7) is 20.9. The number of benzene rings is 4. The largest absolute Gasteiger partial charge is 0.354 e. The van der Waals surface area contributed by atoms with Gasteiger partial charge in [-0.05, 0) is 140 Å². The van der Waals surface area contributed by atoms with Crippen molar-refractivity contribution in [3.05, 3.63) is 227 Å². The second-order valence-electron chi connectivity index (χ2n) is 23.4. The van der Waals surface area contributed by atoms with Crippen LogP contribution < -0.4 is 0 Å². The van der Waals surface area contributed by atoms with Crippen LogP contribution in [0.4, 0.5) is 0 Å². The molecule has 2 aliphatic rings. The molecule has 5 aromatic heterocycles. The van der Waals surface area contributed by atoms with Crippen LogP contribution in [-0.2, 0) is 29.3 Å². The molecule has 0 atom stereocenters. The van der Waals surface area contributed by atoms with Crippen LogP contribution in [0, 0.1) is 0 Å². The molecule has 11 rings (SSSR count). The highest BCUT2D eigenvalue weighted by Crippen LogP contribution is 2.40. The number of rotatable bonds is 9. The zero-order valence-corrected chi connectivity index (χ0v) is 45.5. The van der Waals surface area contributed by atoms with Gasteiger partial charge in [-0.25, -0.2) is 9.97 Å². The predicted octanol–water partition coefficient (Wildman–Crippen LogP) is 16.8. The van der Waals surface area contributed by atoms with Crippen molar-refractivity contribution in [3.8, 4) is 44.5 Å². The Bertz CT molecular complexity index is 3790. The lowest BCUT2D eigenvalue weighted by molar-refractivity contribution is 0.0725. The zero-order chi connectivity index (χ0) is 53.6. The van der Waals surface area contributed by atoms with Gasteiger partial charge in [-0.3, -0.25) is 14.8 Å². The first-order valence-electron chi connectivity index (χ1n) is 26.6. The SMILES string of the molecule is CC(C)(C)c1ccc(-c2c3nc(c(-c4ccc(C(C)(C)C)cc4)c4ccc([nH]4)c(-c4ccc(C(C)(C)C)cc4)c4nc(c(-c5ccc(C(=O)N(Cc6ccccn6)Cc6ccccn6)cc5)c5ccc2[nH]5)C=C4)C=C3)cc1. The first kappa shape index (κ1) is 50.4. The number of nitrogens with zero attached hydrogens (tertiary/aromatic N) is 5. The van der Waals surface area contributed by atoms with Crippen LogP contribution in [0.25, 0.3) is 90.9 Å². The smallest absolute Gasteiger partial charge is 0.254 e. The molecule has 2 aliphatic heterocycles. The van der Waals surface area contributed by atoms with E-state index in [9.17, 15) is 4.79 Å². The third kappa shape index (κ3) is 10.5. The topological polar surface area (TPSA) is 103 Å². The van der Waals surface area contributed by atoms with Crippen LogP contribution >= 0.6 is 0 Å². The molecule has 77 heavy (non-hydrogen) atoms. The van der Waals surface area contributed by atoms with Gasteiger partial charge in [-0.15, -0.1) is 0 Å². The molecule has 1 amide bonds. The fraction of sp³-hybridized carbons (Fsp3) is 0.203. The average Bonchev–Trinajstić information content (AvgIpc) is 4.30. The number of pyridine rings is 2. The highest BCUT2D eigenvalue weighted by molar-refractivity contribution is 6.01. The van der Waals surface area contributed by atoms with E-state index < -0.39 is 0 Å². The maximum Gasteiger partial charge on any atom is 0.254 e. The molecule has 0 spiro atoms. The van der Waals surface area contributed by atoms with Gasteiger partial charge in [0.05, 0.1) is 47.3 Å². The molecule has 2 N–H and O–H groups in total. The summed E-state index contributed by atoms with van der Waals surface area (Å²) < 4.78 is 0. The van der Waals surface area contributed by atoms with Crippen LogP contribution in [0.3, 0.4) is 0 Å². The quantitative estimate of drug-likeness (QED) is 0.150. The number of H-pyrrole nitrogens is 2. The van der Waals surface area contributed by atoms with E-state index in [1.165, 1.54) is 16.7 Å². The van der Waals surface area contributed by atoms with E-state index in [0.717, 1.165) is 101 Å². The number of nitrogens with one attached hydrogen (secondary N) is 2. The maximum absolute atomic E-state index is 14.6. The average molecular weight is 1010 g/mol. The highest BCUT2D eigenvalue weighted by Gasteiger charge is 2.23. The number of aromatic nitrogens is 6. The second-order valence-corrected chi connectivity index (χ2v) is 23.4. The second kappa shape index (κ2) is 20.1. The van der Waals surface area contributed by atoms with Crippen LogP contribution in [-0.4, -0.2) is 40.7 Å². The Morgan fingerprint density at radius 3 is 0.961 bits per heavy atom. The van der Waals surface area contributed by atoms with E-state index in [4.69, 9.17) is 9.97 Å². The van der Waals surface area contributed by atoms with E-state index in [1.807, 2.05) is 60.7 Å². The predicted molar refractivity (Wildman–Crippen MR) is 319 cm³/mol. The Labute approximate surface area is 452 Å². The fourth-order valence-electron chi connectivity index (χ4n) is 10.4. The van der Waals surface area contributed by atoms with Crippen molar-refractivity contribution >= 4 is 52.3 Å². The number of carbonyl (C=O) groups is 1. The van der Waals surface area contributed by atoms with Crippen molar-refractivity contribution in [2.45, 2.75) is 91.6 Å². The Balaban J connectivity index is 1.16. The highest BCUT2D eigenvalue weighted by atomic mass is 16.2. The van der Waals surface area contributed by atoms with Gasteiger partial charge >= 0.3 is 0 Å². The molecule has 4 aromatic carbocycles. The summed E-state index contributed by atoms with van der Waals surface area (Å²) in [4.78, 5) is 44.5. The Morgan fingerprint density at radius 2 is 0.688 bits per heavy atom. The molecule has 7 heterocycles. The zero-order valence-electron chi connectivity index (χ0n) is 45.5. The van der Waals surface area contributed by atoms with E-state index in [2.05, 4.69) is 204 Å². The molecule has 0 aliphatic carbocycles. The van der Waals surface area contributed by atoms with Gasteiger partial charge in [0.2, 0.25) is 0 Å². The summed E-state index contributed by atoms with van der Waals surface area (Å²) in [7, 11) is 0. The number of carbonyl (C=O) groups excluding carboxylic acids is 1. The molecule has 8 nitrogen and oxygen atoms in total. The fourth-order valence-corrected chi connectivity index (χ4v) is 10.4. The lowest BCUT2D eigenvalue weighted by Crippen LogP contribution is -2.30. The molecule has 0 radical (unpaired) electrons. The Kier molecular flexibility index (Phi) is 13.1. The summed E-state index contributed by atoms with van der Waals surface area (Å²) in [5.41, 5.74) is 20.9. The van der Waals surface area contributed by atoms with Gasteiger partial charge in [0, 0.05) is 62.3 Å². The lowest BCUT2D eigenvalue weighted by Gasteiger charge is -2.22. The maximum atomic E-state index is 14.6. The molecular formula is C69H65N7O. The van der Waals surface area contributed by atoms with Gasteiger partial charge < -0.3 is 14.9 Å². The minimum atomic E-state index is -0.116. The first-order valence-corrected chi connectivity index (χ1v) is 26.6. The van der Waals surface area contributed by atoms with Crippen LogP contribution in [0.1, 0.15) is 124 Å². The molecule has 9 aromatic rings. The number of aromatic amines is 2. The number of hydrogen-bond acceptors (Lipinski definition) is 5. The summed E-state index contributed by atoms with van der Waals surface area (Å²) in [6.07, 6.45) is 12.1. The summed E-state index contributed by atoms with van der Waals surface area (Å²) in [6, 6.07) is 54.9. The number of amides is 1. The molecule has 382 valence electrons. The van der Waals surface area contributed by atoms with Gasteiger partial charge in [-0.1, -0.05) is 159 Å². The molecule has 0 unspecified atom stereocenters. The number of fused-ring (bicyclic) bond motifs is 8. The Morgan fingerprint density at radius 1 is 0.390 bits per heavy atom. The molecular weight excluding hydrogens is 943 g/mol. The van der Waals surface area contributed by atoms with Crippen molar-refractivity contribution in [3.63, 3.8) is 0 Å². The van der Waals surface area contributed by atoms with Crippen molar-refractivity contribution < 1.29 is 4.79 Å². The van der Waals surface area contributed by atoms with Crippen molar-refractivity contribution in [2.24, 2.45) is 0 Å². The lowest BCUT2D eigenvalue weighted by atomic mass is 9.86. The minimum absolute atomic E-state index is 0.00266. The third-order valence-corrected chi connectivity index (χ3v) is 14.7. The third-order valence-electron chi connectivity index (χ3n) is 14.7. The van der Waals surface area contributed by atoms with E-state index in [-0.39, 0.29) is 22.2 Å². The van der Waals surface area contributed by atoms with Gasteiger partial charge in [0.15, 0.2) is 0 Å². The van der Waals surface area contributed by atoms with Gasteiger partial charge in [0.25, 0.3) is 5.91 Å². The first-order chi connectivity index (χ1) is 36.9. The molecule has 0 saturated heterocycles. The number of hydrogen-bond donors (Lipinski definition) is 2. The monoisotopic (exact) mass is 1010 g/mol. The van der Waals surface area contributed by atoms with Gasteiger partial charge in [0.1, 0.15) is 0 Å². The standard InChI is InChI=1S/C69H65N7O/c1-67(2,3)49-26-20-45(21-27-49)63-56-34-32-54(72-56)62(44-16-18-48(19-17-44)66(77)76(42-52-14-10-12-40-70-52)43-53-15-11-13-41-71-53)55-33-35-57(73-55)64(46-22-28-50(29-23-46)68(4,5)6)59-37-39-61(75-59)65(60-38-36-58(63)74-60)47-24-30-51(31-25-47)69(7,8)9/h10-41,72,75H,42-43H2,1-9H3. The summed E-state index contributed by atoms with van der Waals surface area (Å²) in [5.74, 6) is -0.116. The van der Waals surface area contributed by atoms with E-state index in [0.29, 0.717) is 18.7 Å². The normalized spacial score (nSPS) is 12.5. The van der Waals surface area contributed by atoms with Crippen molar-refractivity contribution in [1.29, 1.82) is 0 Å². The summed E-state index contributed by atoms with van der Waals surface area (Å²) in [5, 5.41) is 0. The molecule has 0 fully saturated rings. The summed E-state index contributed by atoms with van der Waals surface area (Å²) >= 11 is 0. The van der Waals surface area contributed by atoms with Crippen LogP contribution in [0.2, 0.25) is 0 Å². The van der Waals surface area contributed by atoms with E-state index >= 15 is 0 Å². The van der Waals surface area contributed by atoms with Crippen molar-refractivity contribution in [2.75, 3.05) is 0 Å².